The maximum absolute atomic E-state index is 5.41. The third kappa shape index (κ3) is 3.43. The summed E-state index contributed by atoms with van der Waals surface area (Å²) < 4.78 is 0. The summed E-state index contributed by atoms with van der Waals surface area (Å²) in [7, 11) is 0. The molecule has 0 radical (unpaired) electrons. The Morgan fingerprint density at radius 2 is 1.93 bits per heavy atom. The van der Waals surface area contributed by atoms with Gasteiger partial charge < -0.3 is 5.32 Å². The van der Waals surface area contributed by atoms with E-state index in [0.717, 1.165) is 12.2 Å². The molecule has 0 aliphatic heterocycles. The number of hydrogen-bond donors (Lipinski definition) is 1. The average molecular weight is 210 g/mol. The van der Waals surface area contributed by atoms with Crippen LogP contribution in [-0.2, 0) is 0 Å². The van der Waals surface area contributed by atoms with Crippen molar-refractivity contribution in [1.29, 1.82) is 0 Å². The van der Waals surface area contributed by atoms with Crippen molar-refractivity contribution in [3.8, 4) is 0 Å². The maximum atomic E-state index is 5.41. The van der Waals surface area contributed by atoms with Crippen LogP contribution in [0.3, 0.4) is 0 Å². The molecule has 0 aromatic heterocycles. The Bertz CT molecular complexity index is 288. The van der Waals surface area contributed by atoms with E-state index >= 15 is 0 Å². The van der Waals surface area contributed by atoms with Gasteiger partial charge >= 0.3 is 0 Å². The molecule has 0 spiro atoms. The monoisotopic (exact) mass is 209 g/mol. The van der Waals surface area contributed by atoms with Crippen molar-refractivity contribution >= 4 is 17.3 Å². The summed E-state index contributed by atoms with van der Waals surface area (Å²) in [5.74, 6) is 0.590. The number of hydrogen-bond acceptors (Lipinski definition) is 1. The highest BCUT2D eigenvalue weighted by Crippen LogP contribution is 2.16. The Hall–Kier alpha value is -0.950. The van der Waals surface area contributed by atoms with E-state index in [2.05, 4.69) is 43.4 Å². The molecule has 2 heteroatoms. The van der Waals surface area contributed by atoms with Crippen molar-refractivity contribution in [2.75, 3.05) is 11.9 Å². The molecule has 0 amide bonds. The molecule has 0 fully saturated rings. The first-order valence-corrected chi connectivity index (χ1v) is 5.26. The summed E-state index contributed by atoms with van der Waals surface area (Å²) in [5.41, 5.74) is 4.02. The molecule has 76 valence electrons. The Kier molecular flexibility index (Phi) is 4.54. The molecule has 1 aromatic rings. The fourth-order valence-corrected chi connectivity index (χ4v) is 1.30. The molecular weight excluding hydrogens is 194 g/mol. The van der Waals surface area contributed by atoms with E-state index in [9.17, 15) is 0 Å². The fraction of sp³-hybridized carbons (Fsp3) is 0.333. The summed E-state index contributed by atoms with van der Waals surface area (Å²) in [6.45, 7) is 5.15. The van der Waals surface area contributed by atoms with Gasteiger partial charge in [0.2, 0.25) is 0 Å². The van der Waals surface area contributed by atoms with Gasteiger partial charge in [-0.15, -0.1) is 0 Å². The van der Waals surface area contributed by atoms with E-state index in [1.54, 1.807) is 0 Å². The lowest BCUT2D eigenvalue weighted by atomic mass is 10.0. The second kappa shape index (κ2) is 5.71. The summed E-state index contributed by atoms with van der Waals surface area (Å²) in [4.78, 5) is 0. The van der Waals surface area contributed by atoms with Crippen LogP contribution < -0.4 is 5.32 Å². The van der Waals surface area contributed by atoms with Crippen molar-refractivity contribution < 1.29 is 0 Å². The zero-order chi connectivity index (χ0) is 10.4. The number of anilines is 1. The minimum absolute atomic E-state index is 0.590. The van der Waals surface area contributed by atoms with Gasteiger partial charge in [-0.1, -0.05) is 43.7 Å². The van der Waals surface area contributed by atoms with Gasteiger partial charge in [-0.25, -0.2) is 0 Å². The predicted molar refractivity (Wildman–Crippen MR) is 64.0 cm³/mol. The third-order valence-corrected chi connectivity index (χ3v) is 2.27. The minimum atomic E-state index is 0.590. The zero-order valence-electron chi connectivity index (χ0n) is 8.63. The Labute approximate surface area is 90.8 Å². The number of halogens is 1. The highest BCUT2D eigenvalue weighted by atomic mass is 35.5. The van der Waals surface area contributed by atoms with E-state index in [0.29, 0.717) is 5.92 Å². The zero-order valence-corrected chi connectivity index (χ0v) is 9.38. The molecule has 0 atom stereocenters. The Morgan fingerprint density at radius 3 is 2.43 bits per heavy atom. The van der Waals surface area contributed by atoms with E-state index in [4.69, 9.17) is 11.6 Å². The van der Waals surface area contributed by atoms with Crippen LogP contribution in [0, 0.1) is 0 Å². The summed E-state index contributed by atoms with van der Waals surface area (Å²) >= 11 is 5.41. The van der Waals surface area contributed by atoms with Crippen molar-refractivity contribution in [1.82, 2.24) is 0 Å². The quantitative estimate of drug-likeness (QED) is 0.791. The van der Waals surface area contributed by atoms with Crippen LogP contribution >= 0.6 is 11.6 Å². The molecule has 0 unspecified atom stereocenters. The molecule has 0 aliphatic carbocycles. The van der Waals surface area contributed by atoms with Crippen LogP contribution in [-0.4, -0.2) is 6.54 Å². The first kappa shape index (κ1) is 11.1. The number of nitrogens with one attached hydrogen (secondary N) is 1. The molecule has 14 heavy (non-hydrogen) atoms. The molecule has 1 rings (SSSR count). The topological polar surface area (TPSA) is 12.0 Å². The second-order valence-corrected chi connectivity index (χ2v) is 3.77. The van der Waals surface area contributed by atoms with Crippen molar-refractivity contribution in [2.24, 2.45) is 0 Å². The summed E-state index contributed by atoms with van der Waals surface area (Å²) in [6.07, 6.45) is 1.87. The van der Waals surface area contributed by atoms with Crippen molar-refractivity contribution in [3.63, 3.8) is 0 Å². The molecule has 0 bridgehead atoms. The first-order chi connectivity index (χ1) is 6.74. The van der Waals surface area contributed by atoms with Crippen LogP contribution in [0.25, 0.3) is 0 Å². The standard InChI is InChI=1S/C12H16ClN/c1-10(2)11-4-6-12(7-5-11)14-9-3-8-13/h3-8,10,14H,9H2,1-2H3/b8-3+. The molecule has 0 aliphatic rings. The van der Waals surface area contributed by atoms with Crippen molar-refractivity contribution in [2.45, 2.75) is 19.8 Å². The van der Waals surface area contributed by atoms with Gasteiger partial charge in [0.05, 0.1) is 0 Å². The molecular formula is C12H16ClN. The smallest absolute Gasteiger partial charge is 0.0342 e. The molecule has 1 aromatic carbocycles. The average Bonchev–Trinajstić information content (AvgIpc) is 2.19. The first-order valence-electron chi connectivity index (χ1n) is 4.83. The fourth-order valence-electron chi connectivity index (χ4n) is 1.21. The minimum Gasteiger partial charge on any atom is -0.382 e. The van der Waals surface area contributed by atoms with Crippen molar-refractivity contribution in [3.05, 3.63) is 41.4 Å². The van der Waals surface area contributed by atoms with Gasteiger partial charge in [0, 0.05) is 17.8 Å². The maximum Gasteiger partial charge on any atom is 0.0342 e. The predicted octanol–water partition coefficient (Wildman–Crippen LogP) is 3.97. The van der Waals surface area contributed by atoms with Gasteiger partial charge in [-0.3, -0.25) is 0 Å². The number of benzene rings is 1. The Balaban J connectivity index is 2.55. The van der Waals surface area contributed by atoms with E-state index in [1.807, 2.05) is 6.08 Å². The van der Waals surface area contributed by atoms with E-state index in [-0.39, 0.29) is 0 Å². The van der Waals surface area contributed by atoms with E-state index < -0.39 is 0 Å². The van der Waals surface area contributed by atoms with Crippen LogP contribution in [0.15, 0.2) is 35.9 Å². The highest BCUT2D eigenvalue weighted by molar-refractivity contribution is 6.25. The Morgan fingerprint density at radius 1 is 1.29 bits per heavy atom. The summed E-state index contributed by atoms with van der Waals surface area (Å²) in [5, 5.41) is 3.24. The largest absolute Gasteiger partial charge is 0.382 e. The van der Waals surface area contributed by atoms with Crippen LogP contribution in [0.1, 0.15) is 25.3 Å². The SMILES string of the molecule is CC(C)c1ccc(NC/C=C/Cl)cc1. The lowest BCUT2D eigenvalue weighted by Crippen LogP contribution is -1.97. The van der Waals surface area contributed by atoms with Gasteiger partial charge in [0.15, 0.2) is 0 Å². The van der Waals surface area contributed by atoms with Gasteiger partial charge in [0.25, 0.3) is 0 Å². The van der Waals surface area contributed by atoms with Gasteiger partial charge in [-0.05, 0) is 23.6 Å². The number of rotatable bonds is 4. The highest BCUT2D eigenvalue weighted by Gasteiger charge is 1.97. The van der Waals surface area contributed by atoms with Gasteiger partial charge in [0.1, 0.15) is 0 Å². The third-order valence-electron chi connectivity index (χ3n) is 2.09. The molecule has 1 nitrogen and oxygen atoms in total. The lowest BCUT2D eigenvalue weighted by Gasteiger charge is -2.07. The molecule has 0 saturated carbocycles. The molecule has 0 heterocycles. The lowest BCUT2D eigenvalue weighted by molar-refractivity contribution is 0.867. The summed E-state index contributed by atoms with van der Waals surface area (Å²) in [6, 6.07) is 8.49. The van der Waals surface area contributed by atoms with E-state index in [1.165, 1.54) is 11.1 Å². The molecule has 1 N–H and O–H groups in total. The second-order valence-electron chi connectivity index (χ2n) is 3.52. The normalized spacial score (nSPS) is 11.1. The van der Waals surface area contributed by atoms with Crippen LogP contribution in [0.5, 0.6) is 0 Å². The van der Waals surface area contributed by atoms with Gasteiger partial charge in [-0.2, -0.15) is 0 Å². The molecule has 0 saturated heterocycles. The van der Waals surface area contributed by atoms with Crippen LogP contribution in [0.2, 0.25) is 0 Å². The van der Waals surface area contributed by atoms with Crippen LogP contribution in [0.4, 0.5) is 5.69 Å².